The highest BCUT2D eigenvalue weighted by Crippen LogP contribution is 2.29. The Morgan fingerprint density at radius 3 is 2.31 bits per heavy atom. The van der Waals surface area contributed by atoms with Crippen molar-refractivity contribution in [2.24, 2.45) is 5.92 Å². The van der Waals surface area contributed by atoms with Crippen molar-refractivity contribution in [3.8, 4) is 11.5 Å². The lowest BCUT2D eigenvalue weighted by atomic mass is 9.96. The minimum absolute atomic E-state index is 0.149. The van der Waals surface area contributed by atoms with E-state index >= 15 is 0 Å². The fourth-order valence-electron chi connectivity index (χ4n) is 4.59. The molecular weight excluding hydrogens is 539 g/mol. The Morgan fingerprint density at radius 1 is 0.923 bits per heavy atom. The first kappa shape index (κ1) is 28.6. The van der Waals surface area contributed by atoms with E-state index in [4.69, 9.17) is 37.4 Å². The summed E-state index contributed by atoms with van der Waals surface area (Å²) in [6.45, 7) is 2.74. The lowest BCUT2D eigenvalue weighted by Gasteiger charge is -2.33. The number of rotatable bonds is 10. The van der Waals surface area contributed by atoms with Crippen LogP contribution in [0.2, 0.25) is 10.0 Å². The van der Waals surface area contributed by atoms with Crippen molar-refractivity contribution in [1.82, 2.24) is 5.32 Å². The van der Waals surface area contributed by atoms with Crippen molar-refractivity contribution >= 4 is 40.8 Å². The van der Waals surface area contributed by atoms with Gasteiger partial charge < -0.3 is 24.4 Å². The normalized spacial score (nSPS) is 13.6. The first-order chi connectivity index (χ1) is 18.9. The summed E-state index contributed by atoms with van der Waals surface area (Å²) in [6.07, 6.45) is 2.51. The molecule has 1 saturated heterocycles. The molecule has 0 unspecified atom stereocenters. The van der Waals surface area contributed by atoms with Gasteiger partial charge in [0.25, 0.3) is 5.91 Å². The smallest absolute Gasteiger partial charge is 0.337 e. The van der Waals surface area contributed by atoms with Crippen LogP contribution in [0.3, 0.4) is 0 Å². The van der Waals surface area contributed by atoms with Crippen molar-refractivity contribution in [2.75, 3.05) is 45.4 Å². The average molecular weight is 572 g/mol. The van der Waals surface area contributed by atoms with E-state index in [0.29, 0.717) is 58.2 Å². The summed E-state index contributed by atoms with van der Waals surface area (Å²) < 4.78 is 16.1. The molecule has 1 aliphatic rings. The molecule has 0 spiro atoms. The topological polar surface area (TPSA) is 77.1 Å². The molecule has 3 aromatic carbocycles. The quantitative estimate of drug-likeness (QED) is 0.299. The first-order valence-electron chi connectivity index (χ1n) is 12.8. The van der Waals surface area contributed by atoms with E-state index in [1.54, 1.807) is 49.6 Å². The van der Waals surface area contributed by atoms with E-state index in [9.17, 15) is 9.59 Å². The van der Waals surface area contributed by atoms with Gasteiger partial charge in [-0.15, -0.1) is 0 Å². The fourth-order valence-corrected chi connectivity index (χ4v) is 5.09. The number of nitrogens with zero attached hydrogens (tertiary/aromatic N) is 1. The van der Waals surface area contributed by atoms with Gasteiger partial charge in [-0.25, -0.2) is 4.79 Å². The number of benzene rings is 3. The monoisotopic (exact) mass is 570 g/mol. The predicted molar refractivity (Wildman–Crippen MR) is 154 cm³/mol. The molecule has 0 bridgehead atoms. The third-order valence-corrected chi connectivity index (χ3v) is 7.48. The molecule has 0 saturated carbocycles. The van der Waals surface area contributed by atoms with Gasteiger partial charge in [-0.05, 0) is 78.9 Å². The maximum atomic E-state index is 12.9. The van der Waals surface area contributed by atoms with Crippen LogP contribution in [0.15, 0.2) is 60.7 Å². The van der Waals surface area contributed by atoms with Gasteiger partial charge in [0.2, 0.25) is 0 Å². The van der Waals surface area contributed by atoms with Crippen molar-refractivity contribution in [3.63, 3.8) is 0 Å². The Labute approximate surface area is 238 Å². The highest BCUT2D eigenvalue weighted by Gasteiger charge is 2.21. The summed E-state index contributed by atoms with van der Waals surface area (Å²) in [5.41, 5.74) is 3.06. The second-order valence-corrected chi connectivity index (χ2v) is 10.2. The number of carbonyl (C=O) groups is 2. The SMILES string of the molecule is COC(=O)c1ccc(N2CCC(CNC(=O)c3ccc(OC)c(OCCc4ccc(Cl)cc4Cl)c3)CC2)cc1. The summed E-state index contributed by atoms with van der Waals surface area (Å²) in [6, 6.07) is 18.0. The molecule has 206 valence electrons. The predicted octanol–water partition coefficient (Wildman–Crippen LogP) is 6.06. The molecule has 0 atom stereocenters. The molecule has 1 aliphatic heterocycles. The zero-order valence-electron chi connectivity index (χ0n) is 22.0. The fraction of sp³-hybridized carbons (Fsp3) is 0.333. The summed E-state index contributed by atoms with van der Waals surface area (Å²) in [5.74, 6) is 0.957. The van der Waals surface area contributed by atoms with Crippen LogP contribution >= 0.6 is 23.2 Å². The minimum Gasteiger partial charge on any atom is -0.493 e. The molecule has 1 heterocycles. The Bertz CT molecular complexity index is 1290. The van der Waals surface area contributed by atoms with Gasteiger partial charge in [0.1, 0.15) is 0 Å². The van der Waals surface area contributed by atoms with E-state index in [0.717, 1.165) is 37.2 Å². The molecule has 39 heavy (non-hydrogen) atoms. The van der Waals surface area contributed by atoms with Crippen LogP contribution in [0.5, 0.6) is 11.5 Å². The van der Waals surface area contributed by atoms with Crippen molar-refractivity contribution < 1.29 is 23.8 Å². The molecule has 1 amide bonds. The summed E-state index contributed by atoms with van der Waals surface area (Å²) in [4.78, 5) is 26.9. The maximum absolute atomic E-state index is 12.9. The first-order valence-corrected chi connectivity index (χ1v) is 13.6. The lowest BCUT2D eigenvalue weighted by Crippen LogP contribution is -2.38. The van der Waals surface area contributed by atoms with Gasteiger partial charge in [0.15, 0.2) is 11.5 Å². The van der Waals surface area contributed by atoms with Gasteiger partial charge in [-0.3, -0.25) is 4.79 Å². The van der Waals surface area contributed by atoms with Gasteiger partial charge in [0, 0.05) is 47.4 Å². The molecule has 3 aromatic rings. The maximum Gasteiger partial charge on any atom is 0.337 e. The molecule has 0 aromatic heterocycles. The lowest BCUT2D eigenvalue weighted by molar-refractivity contribution is 0.0600. The van der Waals surface area contributed by atoms with E-state index in [1.807, 2.05) is 18.2 Å². The number of piperidine rings is 1. The third kappa shape index (κ3) is 7.58. The average Bonchev–Trinajstić information content (AvgIpc) is 2.97. The van der Waals surface area contributed by atoms with Crippen molar-refractivity contribution in [2.45, 2.75) is 19.3 Å². The van der Waals surface area contributed by atoms with Gasteiger partial charge in [0.05, 0.1) is 26.4 Å². The molecule has 0 radical (unpaired) electrons. The second kappa shape index (κ2) is 13.6. The highest BCUT2D eigenvalue weighted by molar-refractivity contribution is 6.35. The standard InChI is InChI=1S/C30H32Cl2N2O5/c1-37-27-10-6-23(17-28(27)39-16-13-21-3-7-24(31)18-26(21)32)29(35)33-19-20-11-14-34(15-12-20)25-8-4-22(5-9-25)30(36)38-2/h3-10,17-18,20H,11-16,19H2,1-2H3,(H,33,35). The zero-order valence-corrected chi connectivity index (χ0v) is 23.6. The number of halogens is 2. The minimum atomic E-state index is -0.339. The summed E-state index contributed by atoms with van der Waals surface area (Å²) in [7, 11) is 2.94. The van der Waals surface area contributed by atoms with Crippen LogP contribution in [-0.2, 0) is 11.2 Å². The van der Waals surface area contributed by atoms with Gasteiger partial charge in [-0.2, -0.15) is 0 Å². The Hall–Kier alpha value is -3.42. The Balaban J connectivity index is 1.27. The van der Waals surface area contributed by atoms with Crippen LogP contribution < -0.4 is 19.7 Å². The molecule has 4 rings (SSSR count). The number of carbonyl (C=O) groups excluding carboxylic acids is 2. The number of hydrogen-bond donors (Lipinski definition) is 1. The van der Waals surface area contributed by atoms with Gasteiger partial charge >= 0.3 is 5.97 Å². The Morgan fingerprint density at radius 2 is 1.64 bits per heavy atom. The number of hydrogen-bond acceptors (Lipinski definition) is 6. The van der Waals surface area contributed by atoms with Crippen LogP contribution in [0.4, 0.5) is 5.69 Å². The van der Waals surface area contributed by atoms with Crippen LogP contribution in [-0.4, -0.2) is 52.3 Å². The van der Waals surface area contributed by atoms with Crippen LogP contribution in [0.25, 0.3) is 0 Å². The van der Waals surface area contributed by atoms with Crippen LogP contribution in [0, 0.1) is 5.92 Å². The highest BCUT2D eigenvalue weighted by atomic mass is 35.5. The van der Waals surface area contributed by atoms with E-state index in [2.05, 4.69) is 10.2 Å². The molecular formula is C30H32Cl2N2O5. The zero-order chi connectivity index (χ0) is 27.8. The Kier molecular flexibility index (Phi) is 9.96. The third-order valence-electron chi connectivity index (χ3n) is 6.89. The van der Waals surface area contributed by atoms with E-state index in [1.165, 1.54) is 7.11 Å². The number of nitrogens with one attached hydrogen (secondary N) is 1. The number of ether oxygens (including phenoxy) is 3. The van der Waals surface area contributed by atoms with E-state index in [-0.39, 0.29) is 11.9 Å². The molecule has 7 nitrogen and oxygen atoms in total. The molecule has 1 fully saturated rings. The van der Waals surface area contributed by atoms with Crippen molar-refractivity contribution in [3.05, 3.63) is 87.4 Å². The molecule has 1 N–H and O–H groups in total. The molecule has 9 heteroatoms. The van der Waals surface area contributed by atoms with Gasteiger partial charge in [-0.1, -0.05) is 29.3 Å². The van der Waals surface area contributed by atoms with Crippen LogP contribution in [0.1, 0.15) is 39.1 Å². The number of amides is 1. The largest absolute Gasteiger partial charge is 0.493 e. The summed E-state index contributed by atoms with van der Waals surface area (Å²) >= 11 is 12.2. The van der Waals surface area contributed by atoms with Crippen molar-refractivity contribution in [1.29, 1.82) is 0 Å². The number of anilines is 1. The number of methoxy groups -OCH3 is 2. The number of esters is 1. The van der Waals surface area contributed by atoms with E-state index < -0.39 is 0 Å². The summed E-state index contributed by atoms with van der Waals surface area (Å²) in [5, 5.41) is 4.25. The second-order valence-electron chi connectivity index (χ2n) is 9.38. The molecule has 0 aliphatic carbocycles.